The van der Waals surface area contributed by atoms with Crippen LogP contribution in [0, 0.1) is 5.92 Å². The first-order valence-electron chi connectivity index (χ1n) is 10.8. The smallest absolute Gasteiger partial charge is 0.223 e. The van der Waals surface area contributed by atoms with E-state index in [1.54, 1.807) is 7.11 Å². The van der Waals surface area contributed by atoms with Crippen molar-refractivity contribution < 1.29 is 14.3 Å². The van der Waals surface area contributed by atoms with Crippen LogP contribution < -0.4 is 15.4 Å². The molecule has 0 fully saturated rings. The van der Waals surface area contributed by atoms with Crippen molar-refractivity contribution in [2.45, 2.75) is 32.4 Å². The van der Waals surface area contributed by atoms with Gasteiger partial charge in [-0.3, -0.25) is 9.59 Å². The number of hydrogen-bond acceptors (Lipinski definition) is 3. The highest BCUT2D eigenvalue weighted by Gasteiger charge is 2.27. The summed E-state index contributed by atoms with van der Waals surface area (Å²) < 4.78 is 5.25. The predicted octanol–water partition coefficient (Wildman–Crippen LogP) is 4.44. The molecule has 0 spiro atoms. The topological polar surface area (TPSA) is 67.4 Å². The van der Waals surface area contributed by atoms with Crippen LogP contribution in [0.4, 0.5) is 0 Å². The monoisotopic (exact) mass is 430 g/mol. The van der Waals surface area contributed by atoms with Crippen molar-refractivity contribution in [3.63, 3.8) is 0 Å². The van der Waals surface area contributed by atoms with Gasteiger partial charge in [-0.25, -0.2) is 0 Å². The second-order valence-corrected chi connectivity index (χ2v) is 7.84. The van der Waals surface area contributed by atoms with E-state index in [0.717, 1.165) is 22.4 Å². The lowest BCUT2D eigenvalue weighted by atomic mass is 9.83. The first kappa shape index (κ1) is 23.1. The van der Waals surface area contributed by atoms with Crippen LogP contribution in [0.25, 0.3) is 0 Å². The molecule has 0 unspecified atom stereocenters. The molecule has 2 atom stereocenters. The minimum absolute atomic E-state index is 0.0782. The molecule has 0 saturated carbocycles. The van der Waals surface area contributed by atoms with Crippen LogP contribution in [0.2, 0.25) is 0 Å². The van der Waals surface area contributed by atoms with Crippen molar-refractivity contribution in [1.82, 2.24) is 10.6 Å². The normalized spacial score (nSPS) is 12.4. The SMILES string of the molecule is COc1ccc([C@@H](CC(=O)NCc2ccccc2)[C@H](C)C(=O)NCc2ccccc2)cc1. The maximum atomic E-state index is 12.9. The highest BCUT2D eigenvalue weighted by Crippen LogP contribution is 2.30. The third-order valence-corrected chi connectivity index (χ3v) is 5.61. The van der Waals surface area contributed by atoms with Gasteiger partial charge in [0, 0.05) is 31.3 Å². The van der Waals surface area contributed by atoms with Gasteiger partial charge in [-0.2, -0.15) is 0 Å². The van der Waals surface area contributed by atoms with Gasteiger partial charge in [-0.1, -0.05) is 79.7 Å². The average molecular weight is 431 g/mol. The predicted molar refractivity (Wildman–Crippen MR) is 126 cm³/mol. The molecule has 0 saturated heterocycles. The van der Waals surface area contributed by atoms with E-state index >= 15 is 0 Å². The van der Waals surface area contributed by atoms with Gasteiger partial charge in [0.25, 0.3) is 0 Å². The van der Waals surface area contributed by atoms with E-state index in [-0.39, 0.29) is 30.1 Å². The Morgan fingerprint density at radius 1 is 0.781 bits per heavy atom. The lowest BCUT2D eigenvalue weighted by Gasteiger charge is -2.24. The molecule has 3 aromatic rings. The van der Waals surface area contributed by atoms with E-state index in [9.17, 15) is 9.59 Å². The van der Waals surface area contributed by atoms with Crippen LogP contribution in [0.3, 0.4) is 0 Å². The fraction of sp³-hybridized carbons (Fsp3) is 0.259. The fourth-order valence-electron chi connectivity index (χ4n) is 3.63. The molecule has 0 heterocycles. The van der Waals surface area contributed by atoms with E-state index in [1.807, 2.05) is 91.9 Å². The maximum absolute atomic E-state index is 12.9. The minimum Gasteiger partial charge on any atom is -0.497 e. The highest BCUT2D eigenvalue weighted by molar-refractivity contribution is 5.82. The summed E-state index contributed by atoms with van der Waals surface area (Å²) >= 11 is 0. The summed E-state index contributed by atoms with van der Waals surface area (Å²) in [6.07, 6.45) is 0.221. The van der Waals surface area contributed by atoms with Gasteiger partial charge in [-0.15, -0.1) is 0 Å². The zero-order valence-electron chi connectivity index (χ0n) is 18.6. The minimum atomic E-state index is -0.380. The second kappa shape index (κ2) is 11.7. The van der Waals surface area contributed by atoms with E-state index in [2.05, 4.69) is 10.6 Å². The number of carbonyl (C=O) groups is 2. The Balaban J connectivity index is 1.68. The number of ether oxygens (including phenoxy) is 1. The summed E-state index contributed by atoms with van der Waals surface area (Å²) in [6, 6.07) is 27.1. The number of methoxy groups -OCH3 is 1. The number of hydrogen-bond donors (Lipinski definition) is 2. The van der Waals surface area contributed by atoms with Crippen LogP contribution >= 0.6 is 0 Å². The molecule has 5 heteroatoms. The first-order valence-corrected chi connectivity index (χ1v) is 10.8. The molecule has 3 rings (SSSR count). The molecular formula is C27H30N2O3. The van der Waals surface area contributed by atoms with Crippen LogP contribution in [0.15, 0.2) is 84.9 Å². The Morgan fingerprint density at radius 3 is 1.84 bits per heavy atom. The van der Waals surface area contributed by atoms with Gasteiger partial charge >= 0.3 is 0 Å². The van der Waals surface area contributed by atoms with Gasteiger partial charge in [0.1, 0.15) is 5.75 Å². The number of amides is 2. The maximum Gasteiger partial charge on any atom is 0.223 e. The molecule has 3 aromatic carbocycles. The number of carbonyl (C=O) groups excluding carboxylic acids is 2. The summed E-state index contributed by atoms with van der Waals surface area (Å²) in [5.41, 5.74) is 3.01. The molecule has 0 radical (unpaired) electrons. The Bertz CT molecular complexity index is 988. The molecule has 2 N–H and O–H groups in total. The number of benzene rings is 3. The Hall–Kier alpha value is -3.60. The second-order valence-electron chi connectivity index (χ2n) is 7.84. The lowest BCUT2D eigenvalue weighted by molar-refractivity contribution is -0.126. The highest BCUT2D eigenvalue weighted by atomic mass is 16.5. The molecule has 2 amide bonds. The third-order valence-electron chi connectivity index (χ3n) is 5.61. The number of nitrogens with one attached hydrogen (secondary N) is 2. The van der Waals surface area contributed by atoms with Crippen LogP contribution in [-0.2, 0) is 22.7 Å². The molecule has 32 heavy (non-hydrogen) atoms. The fourth-order valence-corrected chi connectivity index (χ4v) is 3.63. The Labute approximate surface area is 189 Å². The summed E-state index contributed by atoms with van der Waals surface area (Å²) in [5, 5.41) is 5.99. The zero-order chi connectivity index (χ0) is 22.8. The van der Waals surface area contributed by atoms with Crippen molar-refractivity contribution in [3.8, 4) is 5.75 Å². The largest absolute Gasteiger partial charge is 0.497 e. The standard InChI is InChI=1S/C27H30N2O3/c1-20(27(31)29-19-22-11-7-4-8-12-22)25(23-13-15-24(32-2)16-14-23)17-26(30)28-18-21-9-5-3-6-10-21/h3-16,20,25H,17-19H2,1-2H3,(H,28,30)(H,29,31)/t20-,25-/m0/s1. The first-order chi connectivity index (χ1) is 15.6. The average Bonchev–Trinajstić information content (AvgIpc) is 2.85. The summed E-state index contributed by atoms with van der Waals surface area (Å²) in [6.45, 7) is 2.79. The van der Waals surface area contributed by atoms with E-state index in [4.69, 9.17) is 4.74 Å². The van der Waals surface area contributed by atoms with E-state index in [1.165, 1.54) is 0 Å². The summed E-state index contributed by atoms with van der Waals surface area (Å²) in [4.78, 5) is 25.7. The molecule has 0 aliphatic rings. The van der Waals surface area contributed by atoms with Gasteiger partial charge in [0.15, 0.2) is 0 Å². The van der Waals surface area contributed by atoms with Crippen molar-refractivity contribution in [2.75, 3.05) is 7.11 Å². The van der Waals surface area contributed by atoms with Gasteiger partial charge in [0.05, 0.1) is 7.11 Å². The molecule has 0 aliphatic carbocycles. The van der Waals surface area contributed by atoms with Gasteiger partial charge in [-0.05, 0) is 28.8 Å². The van der Waals surface area contributed by atoms with Crippen LogP contribution in [0.1, 0.15) is 36.0 Å². The zero-order valence-corrected chi connectivity index (χ0v) is 18.6. The summed E-state index contributed by atoms with van der Waals surface area (Å²) in [7, 11) is 1.61. The molecular weight excluding hydrogens is 400 g/mol. The Kier molecular flexibility index (Phi) is 8.44. The molecule has 0 aliphatic heterocycles. The molecule has 166 valence electrons. The summed E-state index contributed by atoms with van der Waals surface area (Å²) in [5.74, 6) is -0.0628. The van der Waals surface area contributed by atoms with Crippen LogP contribution in [-0.4, -0.2) is 18.9 Å². The number of rotatable bonds is 10. The van der Waals surface area contributed by atoms with Gasteiger partial charge in [0.2, 0.25) is 11.8 Å². The molecule has 5 nitrogen and oxygen atoms in total. The Morgan fingerprint density at radius 2 is 1.31 bits per heavy atom. The van der Waals surface area contributed by atoms with E-state index < -0.39 is 0 Å². The van der Waals surface area contributed by atoms with Crippen molar-refractivity contribution >= 4 is 11.8 Å². The molecule has 0 bridgehead atoms. The van der Waals surface area contributed by atoms with E-state index in [0.29, 0.717) is 13.1 Å². The molecule has 0 aromatic heterocycles. The van der Waals surface area contributed by atoms with Crippen molar-refractivity contribution in [3.05, 3.63) is 102 Å². The third kappa shape index (κ3) is 6.71. The van der Waals surface area contributed by atoms with Crippen LogP contribution in [0.5, 0.6) is 5.75 Å². The van der Waals surface area contributed by atoms with Crippen molar-refractivity contribution in [1.29, 1.82) is 0 Å². The lowest BCUT2D eigenvalue weighted by Crippen LogP contribution is -2.34. The van der Waals surface area contributed by atoms with Gasteiger partial charge < -0.3 is 15.4 Å². The van der Waals surface area contributed by atoms with Crippen molar-refractivity contribution in [2.24, 2.45) is 5.92 Å². The quantitative estimate of drug-likeness (QED) is 0.500.